The van der Waals surface area contributed by atoms with Gasteiger partial charge in [0.15, 0.2) is 11.6 Å². The monoisotopic (exact) mass is 398 g/mol. The predicted molar refractivity (Wildman–Crippen MR) is 103 cm³/mol. The quantitative estimate of drug-likeness (QED) is 0.362. The maximum atomic E-state index is 14.5. The van der Waals surface area contributed by atoms with Crippen molar-refractivity contribution >= 4 is 0 Å². The molecule has 0 radical (unpaired) electrons. The van der Waals surface area contributed by atoms with E-state index < -0.39 is 30.4 Å². The molecule has 2 aliphatic rings. The molecular weight excluding hydrogens is 368 g/mol. The lowest BCUT2D eigenvalue weighted by atomic mass is 9.68. The smallest absolute Gasteiger partial charge is 0.272 e. The Morgan fingerprint density at radius 3 is 2.11 bits per heavy atom. The fourth-order valence-electron chi connectivity index (χ4n) is 5.11. The molecule has 3 rings (SSSR count). The van der Waals surface area contributed by atoms with E-state index in [1.807, 2.05) is 0 Å². The van der Waals surface area contributed by atoms with E-state index in [1.54, 1.807) is 0 Å². The minimum absolute atomic E-state index is 0.00531. The SMILES string of the molecule is C/C=C/C1CCC(C2CCC(c3ccc(OCC(F)F)c(F)c3F)CC2)CC1. The summed E-state index contributed by atoms with van der Waals surface area (Å²) in [6.45, 7) is 1.14. The first-order valence-corrected chi connectivity index (χ1v) is 10.5. The van der Waals surface area contributed by atoms with Crippen molar-refractivity contribution in [1.29, 1.82) is 0 Å². The molecular formula is C23H30F4O. The fourth-order valence-corrected chi connectivity index (χ4v) is 5.11. The Morgan fingerprint density at radius 2 is 1.54 bits per heavy atom. The summed E-state index contributed by atoms with van der Waals surface area (Å²) in [4.78, 5) is 0. The van der Waals surface area contributed by atoms with Gasteiger partial charge in [-0.3, -0.25) is 0 Å². The normalized spacial score (nSPS) is 28.8. The van der Waals surface area contributed by atoms with Crippen LogP contribution in [0.15, 0.2) is 24.3 Å². The molecule has 0 bridgehead atoms. The number of ether oxygens (including phenoxy) is 1. The number of allylic oxidation sites excluding steroid dienone is 2. The van der Waals surface area contributed by atoms with Gasteiger partial charge < -0.3 is 4.74 Å². The third-order valence-corrected chi connectivity index (χ3v) is 6.60. The number of halogens is 4. The summed E-state index contributed by atoms with van der Waals surface area (Å²) in [5.74, 6) is -0.369. The second-order valence-corrected chi connectivity index (χ2v) is 8.30. The van der Waals surface area contributed by atoms with Crippen molar-refractivity contribution in [1.82, 2.24) is 0 Å². The fraction of sp³-hybridized carbons (Fsp3) is 0.652. The number of hydrogen-bond donors (Lipinski definition) is 0. The lowest BCUT2D eigenvalue weighted by molar-refractivity contribution is 0.0794. The summed E-state index contributed by atoms with van der Waals surface area (Å²) < 4.78 is 57.8. The molecule has 0 heterocycles. The van der Waals surface area contributed by atoms with Gasteiger partial charge in [0.2, 0.25) is 5.82 Å². The summed E-state index contributed by atoms with van der Waals surface area (Å²) in [6, 6.07) is 2.79. The number of rotatable bonds is 6. The molecule has 1 aromatic rings. The van der Waals surface area contributed by atoms with Crippen molar-refractivity contribution < 1.29 is 22.3 Å². The Morgan fingerprint density at radius 1 is 0.929 bits per heavy atom. The molecule has 0 saturated heterocycles. The van der Waals surface area contributed by atoms with Crippen LogP contribution in [0.3, 0.4) is 0 Å². The van der Waals surface area contributed by atoms with Crippen LogP contribution in [0.4, 0.5) is 17.6 Å². The van der Waals surface area contributed by atoms with Gasteiger partial charge in [-0.2, -0.15) is 4.39 Å². The first-order chi connectivity index (χ1) is 13.5. The van der Waals surface area contributed by atoms with E-state index in [-0.39, 0.29) is 5.92 Å². The molecule has 2 aliphatic carbocycles. The number of hydrogen-bond acceptors (Lipinski definition) is 1. The first-order valence-electron chi connectivity index (χ1n) is 10.5. The Balaban J connectivity index is 1.55. The summed E-state index contributed by atoms with van der Waals surface area (Å²) in [7, 11) is 0. The van der Waals surface area contributed by atoms with Crippen molar-refractivity contribution in [2.75, 3.05) is 6.61 Å². The van der Waals surface area contributed by atoms with Crippen molar-refractivity contribution in [2.24, 2.45) is 17.8 Å². The zero-order valence-corrected chi connectivity index (χ0v) is 16.5. The van der Waals surface area contributed by atoms with E-state index in [0.717, 1.165) is 37.5 Å². The van der Waals surface area contributed by atoms with Gasteiger partial charge in [0.1, 0.15) is 6.61 Å². The molecule has 0 unspecified atom stereocenters. The molecule has 2 saturated carbocycles. The highest BCUT2D eigenvalue weighted by Gasteiger charge is 2.32. The maximum Gasteiger partial charge on any atom is 0.272 e. The second kappa shape index (κ2) is 9.80. The highest BCUT2D eigenvalue weighted by molar-refractivity contribution is 5.33. The van der Waals surface area contributed by atoms with E-state index >= 15 is 0 Å². The minimum Gasteiger partial charge on any atom is -0.484 e. The van der Waals surface area contributed by atoms with Crippen LogP contribution >= 0.6 is 0 Å². The molecule has 0 amide bonds. The minimum atomic E-state index is -2.72. The molecule has 1 aromatic carbocycles. The lowest BCUT2D eigenvalue weighted by Crippen LogP contribution is -2.25. The van der Waals surface area contributed by atoms with Crippen LogP contribution < -0.4 is 4.74 Å². The zero-order valence-electron chi connectivity index (χ0n) is 16.5. The first kappa shape index (κ1) is 21.2. The zero-order chi connectivity index (χ0) is 20.1. The van der Waals surface area contributed by atoms with E-state index in [1.165, 1.54) is 37.8 Å². The molecule has 0 spiro atoms. The van der Waals surface area contributed by atoms with Gasteiger partial charge in [0.25, 0.3) is 6.43 Å². The third kappa shape index (κ3) is 5.09. The Bertz CT molecular complexity index is 657. The van der Waals surface area contributed by atoms with Gasteiger partial charge >= 0.3 is 0 Å². The second-order valence-electron chi connectivity index (χ2n) is 8.30. The summed E-state index contributed by atoms with van der Waals surface area (Å²) in [6.07, 6.45) is 10.6. The Hall–Kier alpha value is -1.52. The van der Waals surface area contributed by atoms with Crippen molar-refractivity contribution in [3.63, 3.8) is 0 Å². The average molecular weight is 398 g/mol. The molecule has 0 atom stereocenters. The van der Waals surface area contributed by atoms with Gasteiger partial charge in [-0.25, -0.2) is 13.2 Å². The third-order valence-electron chi connectivity index (χ3n) is 6.60. The highest BCUT2D eigenvalue weighted by Crippen LogP contribution is 2.45. The Kier molecular flexibility index (Phi) is 7.42. The van der Waals surface area contributed by atoms with Gasteiger partial charge in [-0.1, -0.05) is 18.2 Å². The number of benzene rings is 1. The predicted octanol–water partition coefficient (Wildman–Crippen LogP) is 7.27. The molecule has 0 aromatic heterocycles. The van der Waals surface area contributed by atoms with E-state index in [9.17, 15) is 17.6 Å². The molecule has 28 heavy (non-hydrogen) atoms. The van der Waals surface area contributed by atoms with Gasteiger partial charge in [0, 0.05) is 0 Å². The van der Waals surface area contributed by atoms with Crippen LogP contribution in [0.5, 0.6) is 5.75 Å². The van der Waals surface area contributed by atoms with Crippen LogP contribution in [-0.4, -0.2) is 13.0 Å². The largest absolute Gasteiger partial charge is 0.484 e. The topological polar surface area (TPSA) is 9.23 Å². The van der Waals surface area contributed by atoms with E-state index in [4.69, 9.17) is 0 Å². The van der Waals surface area contributed by atoms with Crippen LogP contribution in [0.2, 0.25) is 0 Å². The van der Waals surface area contributed by atoms with Crippen LogP contribution in [0, 0.1) is 29.4 Å². The number of alkyl halides is 2. The molecule has 0 aliphatic heterocycles. The van der Waals surface area contributed by atoms with Gasteiger partial charge in [-0.05, 0) is 93.6 Å². The summed E-state index contributed by atoms with van der Waals surface area (Å²) >= 11 is 0. The molecule has 5 heteroatoms. The van der Waals surface area contributed by atoms with Crippen LogP contribution in [0.25, 0.3) is 0 Å². The molecule has 2 fully saturated rings. The maximum absolute atomic E-state index is 14.5. The van der Waals surface area contributed by atoms with Crippen molar-refractivity contribution in [3.8, 4) is 5.75 Å². The average Bonchev–Trinajstić information content (AvgIpc) is 2.70. The van der Waals surface area contributed by atoms with E-state index in [2.05, 4.69) is 23.8 Å². The van der Waals surface area contributed by atoms with Gasteiger partial charge in [-0.15, -0.1) is 0 Å². The lowest BCUT2D eigenvalue weighted by Gasteiger charge is -2.37. The molecule has 0 N–H and O–H groups in total. The van der Waals surface area contributed by atoms with Crippen LogP contribution in [0.1, 0.15) is 69.8 Å². The Labute approximate surface area is 165 Å². The van der Waals surface area contributed by atoms with Gasteiger partial charge in [0.05, 0.1) is 0 Å². The summed E-state index contributed by atoms with van der Waals surface area (Å²) in [5.41, 5.74) is 0.358. The molecule has 156 valence electrons. The highest BCUT2D eigenvalue weighted by atomic mass is 19.3. The van der Waals surface area contributed by atoms with E-state index in [0.29, 0.717) is 11.5 Å². The standard InChI is InChI=1S/C23H30F4O/c1-2-3-15-4-6-16(7-5-15)17-8-10-18(11-9-17)19-12-13-20(23(27)22(19)26)28-14-21(24)25/h2-3,12-13,15-18,21H,4-11,14H2,1H3/b3-2+. The van der Waals surface area contributed by atoms with Crippen LogP contribution in [-0.2, 0) is 0 Å². The van der Waals surface area contributed by atoms with Crippen molar-refractivity contribution in [2.45, 2.75) is 70.6 Å². The van der Waals surface area contributed by atoms with Crippen molar-refractivity contribution in [3.05, 3.63) is 41.5 Å². The summed E-state index contributed by atoms with van der Waals surface area (Å²) in [5, 5.41) is 0. The molecule has 1 nitrogen and oxygen atoms in total.